The van der Waals surface area contributed by atoms with E-state index in [1.807, 2.05) is 6.07 Å². The Morgan fingerprint density at radius 1 is 1.41 bits per heavy atom. The van der Waals surface area contributed by atoms with Gasteiger partial charge in [-0.1, -0.05) is 6.92 Å². The zero-order valence-corrected chi connectivity index (χ0v) is 12.2. The molecule has 2 rings (SSSR count). The molecule has 0 saturated carbocycles. The minimum absolute atomic E-state index is 0.152. The van der Waals surface area contributed by atoms with Gasteiger partial charge in [0.05, 0.1) is 5.69 Å². The maximum Gasteiger partial charge on any atom is 0.124 e. The molecule has 1 aromatic rings. The molecular weight excluding hydrogens is 330 g/mol. The lowest BCUT2D eigenvalue weighted by Gasteiger charge is -2.34. The third kappa shape index (κ3) is 3.31. The van der Waals surface area contributed by atoms with Crippen LogP contribution in [0.5, 0.6) is 0 Å². The van der Waals surface area contributed by atoms with Crippen molar-refractivity contribution < 1.29 is 4.39 Å². The Hall–Kier alpha value is -0.360. The van der Waals surface area contributed by atoms with Crippen molar-refractivity contribution >= 4 is 28.3 Å². The molecule has 1 N–H and O–H groups in total. The molecule has 1 saturated heterocycles. The van der Waals surface area contributed by atoms with E-state index in [1.165, 1.54) is 18.5 Å². The summed E-state index contributed by atoms with van der Waals surface area (Å²) in [4.78, 5) is 2.36. The van der Waals surface area contributed by atoms with Crippen molar-refractivity contribution in [3.63, 3.8) is 0 Å². The lowest BCUT2D eigenvalue weighted by molar-refractivity contribution is 0.423. The van der Waals surface area contributed by atoms with Crippen LogP contribution in [0.25, 0.3) is 0 Å². The summed E-state index contributed by atoms with van der Waals surface area (Å²) < 4.78 is 14.0. The van der Waals surface area contributed by atoms with Gasteiger partial charge in [-0.15, -0.1) is 0 Å². The summed E-state index contributed by atoms with van der Waals surface area (Å²) in [6, 6.07) is 5.69. The third-order valence-electron chi connectivity index (χ3n) is 3.24. The van der Waals surface area contributed by atoms with Gasteiger partial charge in [0.15, 0.2) is 0 Å². The molecule has 0 bridgehead atoms. The highest BCUT2D eigenvalue weighted by Crippen LogP contribution is 2.26. The molecule has 0 spiro atoms. The molecule has 1 aliphatic heterocycles. The summed E-state index contributed by atoms with van der Waals surface area (Å²) in [7, 11) is 0. The van der Waals surface area contributed by atoms with Crippen LogP contribution in [-0.4, -0.2) is 25.7 Å². The van der Waals surface area contributed by atoms with E-state index < -0.39 is 0 Å². The fourth-order valence-electron chi connectivity index (χ4n) is 2.35. The van der Waals surface area contributed by atoms with Gasteiger partial charge in [-0.25, -0.2) is 4.39 Å². The van der Waals surface area contributed by atoms with Crippen LogP contribution in [0.4, 0.5) is 10.1 Å². The van der Waals surface area contributed by atoms with Crippen molar-refractivity contribution in [2.45, 2.75) is 25.8 Å². The SMILES string of the molecule is CCNC1CCN(c2ccc(F)cc2I)CC1. The molecule has 0 radical (unpaired) electrons. The number of hydrogen-bond donors (Lipinski definition) is 1. The van der Waals surface area contributed by atoms with Crippen molar-refractivity contribution in [2.75, 3.05) is 24.5 Å². The average Bonchev–Trinajstić information content (AvgIpc) is 2.31. The Morgan fingerprint density at radius 2 is 2.12 bits per heavy atom. The van der Waals surface area contributed by atoms with E-state index in [4.69, 9.17) is 0 Å². The second-order valence-corrected chi connectivity index (χ2v) is 5.58. The molecule has 0 amide bonds. The van der Waals surface area contributed by atoms with E-state index in [2.05, 4.69) is 39.7 Å². The minimum Gasteiger partial charge on any atom is -0.371 e. The Bertz CT molecular complexity index is 376. The van der Waals surface area contributed by atoms with Gasteiger partial charge in [0.25, 0.3) is 0 Å². The number of piperidine rings is 1. The molecule has 0 unspecified atom stereocenters. The second kappa shape index (κ2) is 6.00. The van der Waals surface area contributed by atoms with Crippen LogP contribution in [0.2, 0.25) is 0 Å². The summed E-state index contributed by atoms with van der Waals surface area (Å²) in [5, 5.41) is 3.49. The number of nitrogens with one attached hydrogen (secondary N) is 1. The quantitative estimate of drug-likeness (QED) is 0.845. The van der Waals surface area contributed by atoms with Gasteiger partial charge in [0.2, 0.25) is 0 Å². The maximum atomic E-state index is 13.0. The number of anilines is 1. The van der Waals surface area contributed by atoms with Crippen LogP contribution in [0.1, 0.15) is 19.8 Å². The van der Waals surface area contributed by atoms with Gasteiger partial charge < -0.3 is 10.2 Å². The van der Waals surface area contributed by atoms with Crippen molar-refractivity contribution in [1.29, 1.82) is 0 Å². The predicted molar refractivity (Wildman–Crippen MR) is 78.0 cm³/mol. The number of nitrogens with zero attached hydrogens (tertiary/aromatic N) is 1. The Morgan fingerprint density at radius 3 is 2.71 bits per heavy atom. The van der Waals surface area contributed by atoms with Gasteiger partial charge in [-0.05, 0) is 60.2 Å². The molecule has 17 heavy (non-hydrogen) atoms. The topological polar surface area (TPSA) is 15.3 Å². The van der Waals surface area contributed by atoms with Gasteiger partial charge in [-0.2, -0.15) is 0 Å². The average molecular weight is 348 g/mol. The van der Waals surface area contributed by atoms with E-state index in [0.29, 0.717) is 6.04 Å². The highest BCUT2D eigenvalue weighted by Gasteiger charge is 2.19. The molecule has 1 fully saturated rings. The molecular formula is C13H18FIN2. The molecule has 1 aromatic carbocycles. The first kappa shape index (κ1) is 13.1. The standard InChI is InChI=1S/C13H18FIN2/c1-2-16-11-5-7-17(8-6-11)13-4-3-10(14)9-12(13)15/h3-4,9,11,16H,2,5-8H2,1H3. The van der Waals surface area contributed by atoms with Crippen molar-refractivity contribution in [3.8, 4) is 0 Å². The van der Waals surface area contributed by atoms with E-state index in [-0.39, 0.29) is 5.82 Å². The molecule has 94 valence electrons. The fourth-order valence-corrected chi connectivity index (χ4v) is 3.17. The summed E-state index contributed by atoms with van der Waals surface area (Å²) >= 11 is 2.21. The molecule has 1 heterocycles. The van der Waals surface area contributed by atoms with Crippen molar-refractivity contribution in [1.82, 2.24) is 5.32 Å². The molecule has 0 aliphatic carbocycles. The number of rotatable bonds is 3. The summed E-state index contributed by atoms with van der Waals surface area (Å²) in [5.41, 5.74) is 1.17. The van der Waals surface area contributed by atoms with Gasteiger partial charge in [0.1, 0.15) is 5.82 Å². The van der Waals surface area contributed by atoms with Crippen molar-refractivity contribution in [3.05, 3.63) is 27.6 Å². The summed E-state index contributed by atoms with van der Waals surface area (Å²) in [5.74, 6) is -0.152. The van der Waals surface area contributed by atoms with Gasteiger partial charge >= 0.3 is 0 Å². The number of hydrogen-bond acceptors (Lipinski definition) is 2. The van der Waals surface area contributed by atoms with Crippen LogP contribution in [-0.2, 0) is 0 Å². The normalized spacial score (nSPS) is 17.5. The Kier molecular flexibility index (Phi) is 4.62. The second-order valence-electron chi connectivity index (χ2n) is 4.41. The monoisotopic (exact) mass is 348 g/mol. The van der Waals surface area contributed by atoms with Crippen LogP contribution < -0.4 is 10.2 Å². The van der Waals surface area contributed by atoms with Crippen LogP contribution >= 0.6 is 22.6 Å². The van der Waals surface area contributed by atoms with E-state index in [0.717, 1.165) is 23.2 Å². The first-order valence-electron chi connectivity index (χ1n) is 6.14. The summed E-state index contributed by atoms with van der Waals surface area (Å²) in [6.45, 7) is 5.30. The highest BCUT2D eigenvalue weighted by molar-refractivity contribution is 14.1. The molecule has 2 nitrogen and oxygen atoms in total. The fraction of sp³-hybridized carbons (Fsp3) is 0.538. The van der Waals surface area contributed by atoms with E-state index >= 15 is 0 Å². The number of benzene rings is 1. The van der Waals surface area contributed by atoms with Gasteiger partial charge in [-0.3, -0.25) is 0 Å². The number of halogens is 2. The van der Waals surface area contributed by atoms with Crippen LogP contribution in [0, 0.1) is 9.39 Å². The molecule has 4 heteroatoms. The highest BCUT2D eigenvalue weighted by atomic mass is 127. The largest absolute Gasteiger partial charge is 0.371 e. The Balaban J connectivity index is 2.00. The smallest absolute Gasteiger partial charge is 0.124 e. The van der Waals surface area contributed by atoms with E-state index in [9.17, 15) is 4.39 Å². The van der Waals surface area contributed by atoms with Crippen LogP contribution in [0.15, 0.2) is 18.2 Å². The van der Waals surface area contributed by atoms with Crippen LogP contribution in [0.3, 0.4) is 0 Å². The first-order valence-corrected chi connectivity index (χ1v) is 7.22. The van der Waals surface area contributed by atoms with Crippen molar-refractivity contribution in [2.24, 2.45) is 0 Å². The zero-order chi connectivity index (χ0) is 12.3. The lowest BCUT2D eigenvalue weighted by Crippen LogP contribution is -2.42. The third-order valence-corrected chi connectivity index (χ3v) is 4.10. The summed E-state index contributed by atoms with van der Waals surface area (Å²) in [6.07, 6.45) is 2.34. The molecule has 0 aromatic heterocycles. The lowest BCUT2D eigenvalue weighted by atomic mass is 10.0. The molecule has 1 aliphatic rings. The minimum atomic E-state index is -0.152. The van der Waals surface area contributed by atoms with E-state index in [1.54, 1.807) is 12.1 Å². The maximum absolute atomic E-state index is 13.0. The predicted octanol–water partition coefficient (Wildman–Crippen LogP) is 3.01. The Labute approximate surface area is 116 Å². The zero-order valence-electron chi connectivity index (χ0n) is 10.0. The molecule has 0 atom stereocenters. The van der Waals surface area contributed by atoms with Gasteiger partial charge in [0, 0.05) is 22.7 Å². The first-order chi connectivity index (χ1) is 8.20.